The first kappa shape index (κ1) is 15.2. The van der Waals surface area contributed by atoms with Gasteiger partial charge in [0.05, 0.1) is 0 Å². The zero-order valence-corrected chi connectivity index (χ0v) is 11.9. The van der Waals surface area contributed by atoms with Crippen molar-refractivity contribution in [3.05, 3.63) is 29.8 Å². The molecule has 0 radical (unpaired) electrons. The van der Waals surface area contributed by atoms with Crippen molar-refractivity contribution in [2.24, 2.45) is 0 Å². The van der Waals surface area contributed by atoms with Crippen LogP contribution in [0.2, 0.25) is 0 Å². The fourth-order valence-electron chi connectivity index (χ4n) is 1.79. The minimum atomic E-state index is -0.0637. The van der Waals surface area contributed by atoms with Crippen LogP contribution in [-0.4, -0.2) is 29.8 Å². The van der Waals surface area contributed by atoms with Crippen LogP contribution in [0.4, 0.5) is 5.69 Å². The van der Waals surface area contributed by atoms with Crippen molar-refractivity contribution in [2.75, 3.05) is 18.4 Å². The van der Waals surface area contributed by atoms with Gasteiger partial charge in [-0.25, -0.2) is 0 Å². The SMILES string of the molecule is CCCN(CCC(=O)Nc1ccc(C)cc1)C(C)=O. The van der Waals surface area contributed by atoms with Crippen LogP contribution in [0, 0.1) is 6.92 Å². The average molecular weight is 262 g/mol. The van der Waals surface area contributed by atoms with Crippen molar-refractivity contribution >= 4 is 17.5 Å². The Labute approximate surface area is 114 Å². The topological polar surface area (TPSA) is 49.4 Å². The van der Waals surface area contributed by atoms with E-state index in [1.807, 2.05) is 38.1 Å². The second kappa shape index (κ2) is 7.56. The fraction of sp³-hybridized carbons (Fsp3) is 0.467. The summed E-state index contributed by atoms with van der Waals surface area (Å²) in [5, 5.41) is 2.83. The van der Waals surface area contributed by atoms with Crippen LogP contribution in [0.5, 0.6) is 0 Å². The molecule has 0 saturated heterocycles. The van der Waals surface area contributed by atoms with Crippen LogP contribution in [0.25, 0.3) is 0 Å². The highest BCUT2D eigenvalue weighted by Crippen LogP contribution is 2.09. The van der Waals surface area contributed by atoms with Crippen molar-refractivity contribution in [3.63, 3.8) is 0 Å². The summed E-state index contributed by atoms with van der Waals surface area (Å²) in [4.78, 5) is 24.8. The molecule has 1 aromatic rings. The highest BCUT2D eigenvalue weighted by atomic mass is 16.2. The number of aryl methyl sites for hydroxylation is 1. The van der Waals surface area contributed by atoms with Crippen molar-refractivity contribution in [1.82, 2.24) is 4.90 Å². The number of amides is 2. The highest BCUT2D eigenvalue weighted by molar-refractivity contribution is 5.91. The molecule has 0 atom stereocenters. The number of rotatable bonds is 6. The lowest BCUT2D eigenvalue weighted by atomic mass is 10.2. The molecule has 0 aliphatic carbocycles. The first-order valence-corrected chi connectivity index (χ1v) is 6.65. The Morgan fingerprint density at radius 1 is 1.16 bits per heavy atom. The zero-order valence-electron chi connectivity index (χ0n) is 11.9. The molecule has 0 heterocycles. The molecule has 1 rings (SSSR count). The lowest BCUT2D eigenvalue weighted by Crippen LogP contribution is -2.32. The predicted octanol–water partition coefficient (Wildman–Crippen LogP) is 2.58. The number of hydrogen-bond donors (Lipinski definition) is 1. The standard InChI is InChI=1S/C15H22N2O2/c1-4-10-17(13(3)18)11-9-15(19)16-14-7-5-12(2)6-8-14/h5-8H,4,9-11H2,1-3H3,(H,16,19). The van der Waals surface area contributed by atoms with Crippen molar-refractivity contribution < 1.29 is 9.59 Å². The van der Waals surface area contributed by atoms with E-state index in [9.17, 15) is 9.59 Å². The van der Waals surface area contributed by atoms with Gasteiger partial charge in [0.25, 0.3) is 0 Å². The number of nitrogens with zero attached hydrogens (tertiary/aromatic N) is 1. The van der Waals surface area contributed by atoms with E-state index in [0.29, 0.717) is 19.5 Å². The maximum absolute atomic E-state index is 11.8. The molecule has 1 aromatic carbocycles. The number of anilines is 1. The first-order valence-electron chi connectivity index (χ1n) is 6.65. The largest absolute Gasteiger partial charge is 0.342 e. The molecule has 2 amide bonds. The third kappa shape index (κ3) is 5.55. The van der Waals surface area contributed by atoms with Crippen LogP contribution in [0.1, 0.15) is 32.3 Å². The summed E-state index contributed by atoms with van der Waals surface area (Å²) in [5.41, 5.74) is 1.95. The van der Waals surface area contributed by atoms with Crippen molar-refractivity contribution in [3.8, 4) is 0 Å². The lowest BCUT2D eigenvalue weighted by Gasteiger charge is -2.19. The molecule has 0 spiro atoms. The molecule has 4 heteroatoms. The molecule has 1 N–H and O–H groups in total. The van der Waals surface area contributed by atoms with Crippen LogP contribution < -0.4 is 5.32 Å². The van der Waals surface area contributed by atoms with E-state index in [1.54, 1.807) is 4.90 Å². The molecule has 0 aromatic heterocycles. The average Bonchev–Trinajstić information content (AvgIpc) is 2.37. The predicted molar refractivity (Wildman–Crippen MR) is 77.0 cm³/mol. The van der Waals surface area contributed by atoms with Crippen LogP contribution >= 0.6 is 0 Å². The summed E-state index contributed by atoms with van der Waals surface area (Å²) in [6.07, 6.45) is 1.23. The summed E-state index contributed by atoms with van der Waals surface area (Å²) in [6.45, 7) is 6.73. The highest BCUT2D eigenvalue weighted by Gasteiger charge is 2.10. The van der Waals surface area contributed by atoms with E-state index in [0.717, 1.165) is 17.7 Å². The van der Waals surface area contributed by atoms with Gasteiger partial charge in [0.1, 0.15) is 0 Å². The first-order chi connectivity index (χ1) is 9.02. The maximum Gasteiger partial charge on any atom is 0.226 e. The number of nitrogens with one attached hydrogen (secondary N) is 1. The Morgan fingerprint density at radius 3 is 2.32 bits per heavy atom. The number of hydrogen-bond acceptors (Lipinski definition) is 2. The molecule has 104 valence electrons. The number of carbonyl (C=O) groups excluding carboxylic acids is 2. The van der Waals surface area contributed by atoms with E-state index < -0.39 is 0 Å². The number of benzene rings is 1. The van der Waals surface area contributed by atoms with Crippen LogP contribution in [0.15, 0.2) is 24.3 Å². The smallest absolute Gasteiger partial charge is 0.226 e. The summed E-state index contributed by atoms with van der Waals surface area (Å²) in [5.74, 6) is -0.0452. The Kier molecular flexibility index (Phi) is 6.06. The third-order valence-electron chi connectivity index (χ3n) is 2.88. The molecule has 0 aliphatic rings. The van der Waals surface area contributed by atoms with Gasteiger partial charge < -0.3 is 10.2 Å². The van der Waals surface area contributed by atoms with Gasteiger partial charge >= 0.3 is 0 Å². The summed E-state index contributed by atoms with van der Waals surface area (Å²) in [6, 6.07) is 7.66. The van der Waals surface area contributed by atoms with Crippen molar-refractivity contribution in [1.29, 1.82) is 0 Å². The summed E-state index contributed by atoms with van der Waals surface area (Å²) >= 11 is 0. The Bertz CT molecular complexity index is 426. The normalized spacial score (nSPS) is 10.1. The second-order valence-corrected chi connectivity index (χ2v) is 4.67. The Hall–Kier alpha value is -1.84. The Morgan fingerprint density at radius 2 is 1.79 bits per heavy atom. The quantitative estimate of drug-likeness (QED) is 0.856. The molecule has 19 heavy (non-hydrogen) atoms. The molecule has 0 unspecified atom stereocenters. The molecule has 0 bridgehead atoms. The van der Waals surface area contributed by atoms with Gasteiger partial charge in [-0.05, 0) is 25.5 Å². The third-order valence-corrected chi connectivity index (χ3v) is 2.88. The lowest BCUT2D eigenvalue weighted by molar-refractivity contribution is -0.129. The summed E-state index contributed by atoms with van der Waals surface area (Å²) in [7, 11) is 0. The van der Waals surface area contributed by atoms with E-state index in [4.69, 9.17) is 0 Å². The minimum Gasteiger partial charge on any atom is -0.342 e. The monoisotopic (exact) mass is 262 g/mol. The van der Waals surface area contributed by atoms with Gasteiger partial charge in [-0.3, -0.25) is 9.59 Å². The van der Waals surface area contributed by atoms with Gasteiger partial charge in [0, 0.05) is 32.1 Å². The van der Waals surface area contributed by atoms with Gasteiger partial charge in [-0.2, -0.15) is 0 Å². The van der Waals surface area contributed by atoms with Crippen LogP contribution in [0.3, 0.4) is 0 Å². The second-order valence-electron chi connectivity index (χ2n) is 4.67. The molecule has 0 fully saturated rings. The van der Waals surface area contributed by atoms with Crippen molar-refractivity contribution in [2.45, 2.75) is 33.6 Å². The van der Waals surface area contributed by atoms with Gasteiger partial charge in [0.15, 0.2) is 0 Å². The summed E-state index contributed by atoms with van der Waals surface area (Å²) < 4.78 is 0. The fourth-order valence-corrected chi connectivity index (χ4v) is 1.79. The van der Waals surface area contributed by atoms with Gasteiger partial charge in [0.2, 0.25) is 11.8 Å². The van der Waals surface area contributed by atoms with E-state index >= 15 is 0 Å². The minimum absolute atomic E-state index is 0.0185. The molecule has 0 aliphatic heterocycles. The number of carbonyl (C=O) groups is 2. The molecule has 4 nitrogen and oxygen atoms in total. The zero-order chi connectivity index (χ0) is 14.3. The Balaban J connectivity index is 2.42. The maximum atomic E-state index is 11.8. The van der Waals surface area contributed by atoms with E-state index in [1.165, 1.54) is 6.92 Å². The van der Waals surface area contributed by atoms with Gasteiger partial charge in [-0.1, -0.05) is 24.6 Å². The van der Waals surface area contributed by atoms with E-state index in [-0.39, 0.29) is 11.8 Å². The van der Waals surface area contributed by atoms with E-state index in [2.05, 4.69) is 5.32 Å². The molecule has 0 saturated carbocycles. The van der Waals surface area contributed by atoms with Gasteiger partial charge in [-0.15, -0.1) is 0 Å². The molecular formula is C15H22N2O2. The molecular weight excluding hydrogens is 240 g/mol. The van der Waals surface area contributed by atoms with Crippen LogP contribution in [-0.2, 0) is 9.59 Å².